The predicted molar refractivity (Wildman–Crippen MR) is 45.8 cm³/mol. The molecule has 1 aromatic rings. The third-order valence-electron chi connectivity index (χ3n) is 1.48. The maximum absolute atomic E-state index is 12.2. The maximum Gasteiger partial charge on any atom is 0.416 e. The second-order valence-electron chi connectivity index (χ2n) is 2.52. The Morgan fingerprint density at radius 3 is 2.20 bits per heavy atom. The van der Waals surface area contributed by atoms with Crippen molar-refractivity contribution in [3.8, 4) is 5.75 Å². The van der Waals surface area contributed by atoms with Crippen LogP contribution in [0.3, 0.4) is 0 Å². The van der Waals surface area contributed by atoms with Crippen molar-refractivity contribution in [1.29, 1.82) is 0 Å². The molecule has 0 aliphatic heterocycles. The number of halogens is 6. The summed E-state index contributed by atoms with van der Waals surface area (Å²) in [5.41, 5.74) is -0.934. The van der Waals surface area contributed by atoms with Crippen molar-refractivity contribution in [2.45, 2.75) is 12.8 Å². The van der Waals surface area contributed by atoms with Crippen LogP contribution < -0.4 is 4.74 Å². The Morgan fingerprint density at radius 1 is 1.20 bits per heavy atom. The predicted octanol–water partition coefficient (Wildman–Crippen LogP) is 4.07. The van der Waals surface area contributed by atoms with Gasteiger partial charge in [0, 0.05) is 0 Å². The van der Waals surface area contributed by atoms with Crippen LogP contribution >= 0.6 is 15.9 Å². The molecule has 1 aromatic carbocycles. The second-order valence-corrected chi connectivity index (χ2v) is 3.38. The van der Waals surface area contributed by atoms with Crippen LogP contribution in [0.2, 0.25) is 0 Å². The van der Waals surface area contributed by atoms with Gasteiger partial charge in [-0.05, 0) is 34.1 Å². The number of ether oxygens (including phenoxy) is 1. The van der Waals surface area contributed by atoms with Crippen molar-refractivity contribution in [3.05, 3.63) is 28.2 Å². The van der Waals surface area contributed by atoms with Gasteiger partial charge in [-0.2, -0.15) is 22.0 Å². The monoisotopic (exact) mass is 290 g/mol. The van der Waals surface area contributed by atoms with Crippen LogP contribution in [-0.4, -0.2) is 6.61 Å². The Balaban J connectivity index is 2.98. The Kier molecular flexibility index (Phi) is 3.54. The molecule has 1 rings (SSSR count). The first-order chi connectivity index (χ1) is 6.80. The summed E-state index contributed by atoms with van der Waals surface area (Å²) >= 11 is 2.71. The minimum absolute atomic E-state index is 0.169. The Morgan fingerprint density at radius 2 is 1.80 bits per heavy atom. The standard InChI is InChI=1S/C8H4BrF5O/c9-5-3-4(8(12,13)14)1-2-6(5)15-7(10)11/h1-3,7H. The molecule has 0 fully saturated rings. The van der Waals surface area contributed by atoms with E-state index >= 15 is 0 Å². The zero-order chi connectivity index (χ0) is 11.6. The van der Waals surface area contributed by atoms with Gasteiger partial charge in [-0.1, -0.05) is 0 Å². The first-order valence-corrected chi connectivity index (χ1v) is 4.41. The van der Waals surface area contributed by atoms with Gasteiger partial charge in [0.1, 0.15) is 5.75 Å². The van der Waals surface area contributed by atoms with Crippen molar-refractivity contribution in [1.82, 2.24) is 0 Å². The van der Waals surface area contributed by atoms with Crippen LogP contribution in [0.15, 0.2) is 22.7 Å². The average molecular weight is 291 g/mol. The zero-order valence-corrected chi connectivity index (χ0v) is 8.57. The van der Waals surface area contributed by atoms with Gasteiger partial charge in [0.05, 0.1) is 10.0 Å². The summed E-state index contributed by atoms with van der Waals surface area (Å²) in [4.78, 5) is 0. The van der Waals surface area contributed by atoms with E-state index < -0.39 is 18.4 Å². The maximum atomic E-state index is 12.2. The highest BCUT2D eigenvalue weighted by atomic mass is 79.9. The van der Waals surface area contributed by atoms with Crippen LogP contribution in [-0.2, 0) is 6.18 Å². The van der Waals surface area contributed by atoms with Crippen LogP contribution in [0.25, 0.3) is 0 Å². The molecule has 0 unspecified atom stereocenters. The van der Waals surface area contributed by atoms with Crippen LogP contribution in [0, 0.1) is 0 Å². The molecule has 0 N–H and O–H groups in total. The Labute approximate surface area is 90.0 Å². The fourth-order valence-corrected chi connectivity index (χ4v) is 1.34. The number of hydrogen-bond donors (Lipinski definition) is 0. The molecule has 0 saturated carbocycles. The largest absolute Gasteiger partial charge is 0.434 e. The summed E-state index contributed by atoms with van der Waals surface area (Å²) in [6.45, 7) is -3.07. The molecule has 0 spiro atoms. The first-order valence-electron chi connectivity index (χ1n) is 3.62. The molecule has 0 saturated heterocycles. The Bertz CT molecular complexity index is 349. The molecule has 0 aliphatic carbocycles. The lowest BCUT2D eigenvalue weighted by Crippen LogP contribution is -2.06. The molecule has 1 nitrogen and oxygen atoms in total. The minimum Gasteiger partial charge on any atom is -0.434 e. The molecule has 0 bridgehead atoms. The van der Waals surface area contributed by atoms with E-state index in [1.54, 1.807) is 0 Å². The molecular weight excluding hydrogens is 287 g/mol. The molecule has 15 heavy (non-hydrogen) atoms. The van der Waals surface area contributed by atoms with Crippen molar-refractivity contribution < 1.29 is 26.7 Å². The number of hydrogen-bond acceptors (Lipinski definition) is 1. The number of benzene rings is 1. The molecule has 0 atom stereocenters. The van der Waals surface area contributed by atoms with E-state index in [1.807, 2.05) is 0 Å². The van der Waals surface area contributed by atoms with Gasteiger partial charge in [0.25, 0.3) is 0 Å². The first kappa shape index (κ1) is 12.2. The molecule has 7 heteroatoms. The second kappa shape index (κ2) is 4.34. The van der Waals surface area contributed by atoms with E-state index in [0.717, 1.165) is 6.07 Å². The number of rotatable bonds is 2. The van der Waals surface area contributed by atoms with Crippen LogP contribution in [0.4, 0.5) is 22.0 Å². The third kappa shape index (κ3) is 3.33. The summed E-state index contributed by atoms with van der Waals surface area (Å²) in [5, 5.41) is 0. The van der Waals surface area contributed by atoms with Gasteiger partial charge in [-0.3, -0.25) is 0 Å². The third-order valence-corrected chi connectivity index (χ3v) is 2.09. The molecule has 0 aliphatic rings. The SMILES string of the molecule is FC(F)Oc1ccc(C(F)(F)F)cc1Br. The highest BCUT2D eigenvalue weighted by Crippen LogP contribution is 2.35. The average Bonchev–Trinajstić information content (AvgIpc) is 2.05. The lowest BCUT2D eigenvalue weighted by molar-refractivity contribution is -0.137. The van der Waals surface area contributed by atoms with Gasteiger partial charge in [-0.25, -0.2) is 0 Å². The molecule has 0 aromatic heterocycles. The van der Waals surface area contributed by atoms with E-state index in [2.05, 4.69) is 20.7 Å². The van der Waals surface area contributed by atoms with E-state index in [0.29, 0.717) is 12.1 Å². The lowest BCUT2D eigenvalue weighted by Gasteiger charge is -2.10. The number of alkyl halides is 5. The smallest absolute Gasteiger partial charge is 0.416 e. The van der Waals surface area contributed by atoms with Gasteiger partial charge in [0.15, 0.2) is 0 Å². The van der Waals surface area contributed by atoms with Gasteiger partial charge >= 0.3 is 12.8 Å². The van der Waals surface area contributed by atoms with Crippen LogP contribution in [0.1, 0.15) is 5.56 Å². The summed E-state index contributed by atoms with van der Waals surface area (Å²) < 4.78 is 63.8. The van der Waals surface area contributed by atoms with Crippen molar-refractivity contribution in [2.75, 3.05) is 0 Å². The van der Waals surface area contributed by atoms with E-state index in [1.165, 1.54) is 0 Å². The molecule has 0 heterocycles. The van der Waals surface area contributed by atoms with Gasteiger partial charge in [0.2, 0.25) is 0 Å². The summed E-state index contributed by atoms with van der Waals surface area (Å²) in [6, 6.07) is 2.18. The van der Waals surface area contributed by atoms with Gasteiger partial charge < -0.3 is 4.74 Å². The van der Waals surface area contributed by atoms with E-state index in [4.69, 9.17) is 0 Å². The zero-order valence-electron chi connectivity index (χ0n) is 6.99. The summed E-state index contributed by atoms with van der Waals surface area (Å²) in [6.07, 6.45) is -4.51. The van der Waals surface area contributed by atoms with E-state index in [9.17, 15) is 22.0 Å². The minimum atomic E-state index is -4.51. The molecule has 84 valence electrons. The van der Waals surface area contributed by atoms with Crippen molar-refractivity contribution >= 4 is 15.9 Å². The molecular formula is C8H4BrF5O. The van der Waals surface area contributed by atoms with Gasteiger partial charge in [-0.15, -0.1) is 0 Å². The van der Waals surface area contributed by atoms with Crippen LogP contribution in [0.5, 0.6) is 5.75 Å². The fraction of sp³-hybridized carbons (Fsp3) is 0.250. The fourth-order valence-electron chi connectivity index (χ4n) is 0.869. The quantitative estimate of drug-likeness (QED) is 0.746. The summed E-state index contributed by atoms with van der Waals surface area (Å²) in [7, 11) is 0. The van der Waals surface area contributed by atoms with Crippen molar-refractivity contribution in [2.24, 2.45) is 0 Å². The molecule has 0 radical (unpaired) electrons. The Hall–Kier alpha value is -0.850. The topological polar surface area (TPSA) is 9.23 Å². The normalized spacial score (nSPS) is 11.9. The van der Waals surface area contributed by atoms with E-state index in [-0.39, 0.29) is 10.2 Å². The van der Waals surface area contributed by atoms with Crippen molar-refractivity contribution in [3.63, 3.8) is 0 Å². The molecule has 0 amide bonds. The summed E-state index contributed by atoms with van der Waals surface area (Å²) in [5.74, 6) is -0.335. The highest BCUT2D eigenvalue weighted by Gasteiger charge is 2.31. The lowest BCUT2D eigenvalue weighted by atomic mass is 10.2. The highest BCUT2D eigenvalue weighted by molar-refractivity contribution is 9.10.